The predicted octanol–water partition coefficient (Wildman–Crippen LogP) is 2.44. The van der Waals surface area contributed by atoms with Gasteiger partial charge < -0.3 is 10.3 Å². The van der Waals surface area contributed by atoms with E-state index in [9.17, 15) is 0 Å². The molecule has 0 bridgehead atoms. The van der Waals surface area contributed by atoms with E-state index in [1.165, 1.54) is 31.5 Å². The number of hydrogen-bond donors (Lipinski definition) is 1. The lowest BCUT2D eigenvalue weighted by Gasteiger charge is -2.12. The highest BCUT2D eigenvalue weighted by Crippen LogP contribution is 2.34. The van der Waals surface area contributed by atoms with Crippen LogP contribution >= 0.6 is 0 Å². The summed E-state index contributed by atoms with van der Waals surface area (Å²) < 4.78 is 2.29. The minimum absolute atomic E-state index is 0.622. The van der Waals surface area contributed by atoms with Gasteiger partial charge in [0.15, 0.2) is 5.65 Å². The summed E-state index contributed by atoms with van der Waals surface area (Å²) in [5, 5.41) is 0. The molecule has 2 aromatic rings. The second-order valence-corrected chi connectivity index (χ2v) is 5.09. The first kappa shape index (κ1) is 11.7. The van der Waals surface area contributed by atoms with Crippen molar-refractivity contribution >= 4 is 11.2 Å². The molecule has 0 spiro atoms. The molecule has 0 atom stereocenters. The Morgan fingerprint density at radius 2 is 2.17 bits per heavy atom. The number of aromatic nitrogens is 3. The topological polar surface area (TPSA) is 56.7 Å². The zero-order valence-electron chi connectivity index (χ0n) is 10.7. The Morgan fingerprint density at radius 1 is 1.33 bits per heavy atom. The molecule has 4 heteroatoms. The van der Waals surface area contributed by atoms with E-state index in [1.54, 1.807) is 0 Å². The molecule has 96 valence electrons. The van der Waals surface area contributed by atoms with Gasteiger partial charge >= 0.3 is 0 Å². The Hall–Kier alpha value is -1.42. The third kappa shape index (κ3) is 2.01. The number of rotatable bonds is 4. The van der Waals surface area contributed by atoms with Crippen LogP contribution in [0.15, 0.2) is 18.3 Å². The van der Waals surface area contributed by atoms with Crippen molar-refractivity contribution in [3.8, 4) is 0 Å². The van der Waals surface area contributed by atoms with Gasteiger partial charge in [0.2, 0.25) is 0 Å². The maximum atomic E-state index is 5.64. The molecule has 0 unspecified atom stereocenters. The summed E-state index contributed by atoms with van der Waals surface area (Å²) in [6, 6.07) is 4.01. The molecule has 1 aliphatic carbocycles. The van der Waals surface area contributed by atoms with Crippen LogP contribution in [0.2, 0.25) is 0 Å². The molecule has 2 N–H and O–H groups in total. The molecular weight excluding hydrogens is 224 g/mol. The number of hydrogen-bond acceptors (Lipinski definition) is 3. The van der Waals surface area contributed by atoms with Crippen LogP contribution < -0.4 is 5.73 Å². The van der Waals surface area contributed by atoms with Gasteiger partial charge in [-0.1, -0.05) is 12.8 Å². The smallest absolute Gasteiger partial charge is 0.159 e. The molecule has 1 aliphatic rings. The van der Waals surface area contributed by atoms with Crippen molar-refractivity contribution in [2.45, 2.75) is 44.6 Å². The maximum Gasteiger partial charge on any atom is 0.159 e. The third-order valence-corrected chi connectivity index (χ3v) is 3.84. The summed E-state index contributed by atoms with van der Waals surface area (Å²) in [7, 11) is 0. The number of nitrogens with zero attached hydrogens (tertiary/aromatic N) is 3. The van der Waals surface area contributed by atoms with Gasteiger partial charge in [-0.3, -0.25) is 0 Å². The molecule has 3 rings (SSSR count). The van der Waals surface area contributed by atoms with Crippen molar-refractivity contribution in [3.05, 3.63) is 24.2 Å². The van der Waals surface area contributed by atoms with E-state index >= 15 is 0 Å². The zero-order valence-corrected chi connectivity index (χ0v) is 10.7. The number of fused-ring (bicyclic) bond motifs is 1. The van der Waals surface area contributed by atoms with Gasteiger partial charge in [-0.15, -0.1) is 0 Å². The quantitative estimate of drug-likeness (QED) is 0.898. The third-order valence-electron chi connectivity index (χ3n) is 3.84. The van der Waals surface area contributed by atoms with Crippen LogP contribution in [-0.4, -0.2) is 21.1 Å². The van der Waals surface area contributed by atoms with E-state index in [1.807, 2.05) is 12.3 Å². The molecule has 0 radical (unpaired) electrons. The largest absolute Gasteiger partial charge is 0.330 e. The Kier molecular flexibility index (Phi) is 3.28. The second-order valence-electron chi connectivity index (χ2n) is 5.09. The monoisotopic (exact) mass is 244 g/mol. The molecular formula is C14H20N4. The number of pyridine rings is 1. The van der Waals surface area contributed by atoms with Crippen molar-refractivity contribution in [2.75, 3.05) is 6.54 Å². The zero-order chi connectivity index (χ0) is 12.4. The minimum Gasteiger partial charge on any atom is -0.330 e. The lowest BCUT2D eigenvalue weighted by Crippen LogP contribution is -2.11. The van der Waals surface area contributed by atoms with Gasteiger partial charge in [0, 0.05) is 18.7 Å². The fourth-order valence-corrected chi connectivity index (χ4v) is 2.94. The fourth-order valence-electron chi connectivity index (χ4n) is 2.94. The van der Waals surface area contributed by atoms with E-state index in [0.29, 0.717) is 5.92 Å². The van der Waals surface area contributed by atoms with E-state index in [2.05, 4.69) is 15.6 Å². The molecule has 0 saturated heterocycles. The second kappa shape index (κ2) is 5.06. The SMILES string of the molecule is NCCCn1c(C2CCCC2)nc2cccnc21. The minimum atomic E-state index is 0.622. The summed E-state index contributed by atoms with van der Waals surface area (Å²) in [6.07, 6.45) is 8.04. The highest BCUT2D eigenvalue weighted by molar-refractivity contribution is 5.71. The summed E-state index contributed by atoms with van der Waals surface area (Å²) in [5.41, 5.74) is 7.68. The van der Waals surface area contributed by atoms with E-state index < -0.39 is 0 Å². The fraction of sp³-hybridized carbons (Fsp3) is 0.571. The predicted molar refractivity (Wildman–Crippen MR) is 72.4 cm³/mol. The van der Waals surface area contributed by atoms with Gasteiger partial charge in [-0.05, 0) is 37.9 Å². The molecule has 4 nitrogen and oxygen atoms in total. The first-order chi connectivity index (χ1) is 8.90. The molecule has 0 aromatic carbocycles. The first-order valence-corrected chi connectivity index (χ1v) is 6.91. The molecule has 2 aromatic heterocycles. The Balaban J connectivity index is 2.04. The van der Waals surface area contributed by atoms with E-state index in [0.717, 1.165) is 30.7 Å². The maximum absolute atomic E-state index is 5.64. The molecule has 18 heavy (non-hydrogen) atoms. The Morgan fingerprint density at radius 3 is 2.94 bits per heavy atom. The van der Waals surface area contributed by atoms with Gasteiger partial charge in [0.25, 0.3) is 0 Å². The molecule has 0 aliphatic heterocycles. The van der Waals surface area contributed by atoms with Crippen LogP contribution in [0.5, 0.6) is 0 Å². The molecule has 2 heterocycles. The number of aryl methyl sites for hydroxylation is 1. The van der Waals surface area contributed by atoms with Gasteiger partial charge in [0.1, 0.15) is 11.3 Å². The summed E-state index contributed by atoms with van der Waals surface area (Å²) in [6.45, 7) is 1.66. The Bertz CT molecular complexity index is 526. The van der Waals surface area contributed by atoms with Gasteiger partial charge in [0.05, 0.1) is 0 Å². The average molecular weight is 244 g/mol. The summed E-state index contributed by atoms with van der Waals surface area (Å²) in [4.78, 5) is 9.29. The van der Waals surface area contributed by atoms with Crippen LogP contribution in [-0.2, 0) is 6.54 Å². The summed E-state index contributed by atoms with van der Waals surface area (Å²) in [5.74, 6) is 1.85. The lowest BCUT2D eigenvalue weighted by molar-refractivity contribution is 0.573. The standard InChI is InChI=1S/C14H20N4/c15-8-4-10-18-13(11-5-1-2-6-11)17-12-7-3-9-16-14(12)18/h3,7,9,11H,1-2,4-6,8,10,15H2. The molecule has 0 amide bonds. The van der Waals surface area contributed by atoms with Crippen molar-refractivity contribution in [3.63, 3.8) is 0 Å². The molecule has 1 saturated carbocycles. The highest BCUT2D eigenvalue weighted by Gasteiger charge is 2.23. The van der Waals surface area contributed by atoms with Crippen LogP contribution in [0.3, 0.4) is 0 Å². The van der Waals surface area contributed by atoms with Crippen LogP contribution in [0, 0.1) is 0 Å². The van der Waals surface area contributed by atoms with Crippen molar-refractivity contribution in [2.24, 2.45) is 5.73 Å². The first-order valence-electron chi connectivity index (χ1n) is 6.91. The lowest BCUT2D eigenvalue weighted by atomic mass is 10.1. The normalized spacial score (nSPS) is 16.7. The molecule has 1 fully saturated rings. The van der Waals surface area contributed by atoms with Crippen molar-refractivity contribution < 1.29 is 0 Å². The van der Waals surface area contributed by atoms with Crippen molar-refractivity contribution in [1.82, 2.24) is 14.5 Å². The van der Waals surface area contributed by atoms with Crippen molar-refractivity contribution in [1.29, 1.82) is 0 Å². The van der Waals surface area contributed by atoms with Crippen LogP contribution in [0.25, 0.3) is 11.2 Å². The average Bonchev–Trinajstić information content (AvgIpc) is 3.03. The van der Waals surface area contributed by atoms with Crippen LogP contribution in [0.4, 0.5) is 0 Å². The number of nitrogens with two attached hydrogens (primary N) is 1. The van der Waals surface area contributed by atoms with Crippen LogP contribution in [0.1, 0.15) is 43.8 Å². The van der Waals surface area contributed by atoms with Gasteiger partial charge in [-0.25, -0.2) is 9.97 Å². The van der Waals surface area contributed by atoms with E-state index in [-0.39, 0.29) is 0 Å². The number of imidazole rings is 1. The summed E-state index contributed by atoms with van der Waals surface area (Å²) >= 11 is 0. The van der Waals surface area contributed by atoms with E-state index in [4.69, 9.17) is 10.7 Å². The highest BCUT2D eigenvalue weighted by atomic mass is 15.1. The van der Waals surface area contributed by atoms with Gasteiger partial charge in [-0.2, -0.15) is 0 Å². The Labute approximate surface area is 107 Å².